The van der Waals surface area contributed by atoms with E-state index in [2.05, 4.69) is 130 Å². The summed E-state index contributed by atoms with van der Waals surface area (Å²) >= 11 is 0. The lowest BCUT2D eigenvalue weighted by Crippen LogP contribution is -2.06. The summed E-state index contributed by atoms with van der Waals surface area (Å²) in [5.41, 5.74) is 8.27. The van der Waals surface area contributed by atoms with Gasteiger partial charge in [0.05, 0.1) is 11.4 Å². The van der Waals surface area contributed by atoms with Gasteiger partial charge in [-0.15, -0.1) is 0 Å². The van der Waals surface area contributed by atoms with Crippen LogP contribution in [0.1, 0.15) is 0 Å². The molecule has 4 heteroatoms. The van der Waals surface area contributed by atoms with Crippen molar-refractivity contribution in [3.8, 4) is 45.0 Å². The van der Waals surface area contributed by atoms with Gasteiger partial charge in [0.2, 0.25) is 5.69 Å². The number of pyridine rings is 4. The summed E-state index contributed by atoms with van der Waals surface area (Å²) in [4.78, 5) is 17.2. The third-order valence-electron chi connectivity index (χ3n) is 11.4. The molecule has 0 bridgehead atoms. The maximum atomic E-state index is 4.78. The number of H-pyrrole nitrogens is 1. The first-order valence-electron chi connectivity index (χ1n) is 18.3. The molecule has 0 radical (unpaired) electrons. The van der Waals surface area contributed by atoms with Gasteiger partial charge < -0.3 is 0 Å². The molecule has 0 aliphatic heterocycles. The highest BCUT2D eigenvalue weighted by Gasteiger charge is 2.20. The molecule has 0 aliphatic rings. The number of aromatic amines is 1. The van der Waals surface area contributed by atoms with Crippen molar-refractivity contribution < 1.29 is 4.98 Å². The van der Waals surface area contributed by atoms with Gasteiger partial charge in [-0.05, 0) is 147 Å². The molecular weight excluding hydrogens is 657 g/mol. The number of fused-ring (bicyclic) bond motifs is 9. The first kappa shape index (κ1) is 29.3. The number of nitrogens with zero attached hydrogens (tertiary/aromatic N) is 3. The first-order chi connectivity index (χ1) is 26.8. The van der Waals surface area contributed by atoms with Crippen LogP contribution in [0.2, 0.25) is 0 Å². The minimum Gasteiger partial charge on any atom is -0.255 e. The van der Waals surface area contributed by atoms with E-state index in [-0.39, 0.29) is 0 Å². The average Bonchev–Trinajstić information content (AvgIpc) is 3.74. The molecule has 0 aliphatic carbocycles. The van der Waals surface area contributed by atoms with Gasteiger partial charge in [-0.2, -0.15) is 0 Å². The molecule has 0 saturated heterocycles. The Bertz CT molecular complexity index is 3160. The SMILES string of the molecule is c1ccc(-c2ccc(-c3ccc4c(c3)c3cc5c(cc6c7cc(-c8ccc(-c9ccccn9)[nH+]c8)ccc7c7cccc5c76)c5cccc4c53)cn2)nc1. The molecular formula is C50H29N4+. The molecule has 54 heavy (non-hydrogen) atoms. The normalized spacial score (nSPS) is 12.1. The van der Waals surface area contributed by atoms with E-state index in [0.29, 0.717) is 0 Å². The van der Waals surface area contributed by atoms with Gasteiger partial charge in [0, 0.05) is 35.8 Å². The molecule has 4 heterocycles. The minimum atomic E-state index is 0.874. The van der Waals surface area contributed by atoms with E-state index in [1.807, 2.05) is 55.0 Å². The van der Waals surface area contributed by atoms with Crippen molar-refractivity contribution in [2.45, 2.75) is 0 Å². The summed E-state index contributed by atoms with van der Waals surface area (Å²) in [5, 5.41) is 18.2. The first-order valence-corrected chi connectivity index (χ1v) is 18.3. The maximum absolute atomic E-state index is 4.78. The van der Waals surface area contributed by atoms with Crippen LogP contribution in [0, 0.1) is 0 Å². The molecule has 1 N–H and O–H groups in total. The molecule has 12 aromatic rings. The highest BCUT2D eigenvalue weighted by atomic mass is 14.8. The van der Waals surface area contributed by atoms with Crippen LogP contribution in [-0.2, 0) is 0 Å². The minimum absolute atomic E-state index is 0.874. The molecule has 0 saturated carbocycles. The number of nitrogens with one attached hydrogen (secondary N) is 1. The fourth-order valence-corrected chi connectivity index (χ4v) is 8.92. The molecule has 248 valence electrons. The lowest BCUT2D eigenvalue weighted by atomic mass is 9.93. The van der Waals surface area contributed by atoms with Crippen LogP contribution in [0.3, 0.4) is 0 Å². The Morgan fingerprint density at radius 1 is 0.315 bits per heavy atom. The molecule has 0 unspecified atom stereocenters. The third-order valence-corrected chi connectivity index (χ3v) is 11.4. The standard InChI is InChI=1S/C50H28N4/c1-3-21-51-45(11-1)47-19-15-31(27-53-47)29-13-17-33-35-7-5-9-37-42-26-44-40-24-30(32-16-20-48(54-28-32)46-12-2-4-22-52-46)14-18-34(40)36-8-6-10-38(50(36)44)41(42)25-43(49(35)37)39(33)23-29/h1-28H/p+1. The predicted octanol–water partition coefficient (Wildman–Crippen LogP) is 12.3. The van der Waals surface area contributed by atoms with E-state index >= 15 is 0 Å². The van der Waals surface area contributed by atoms with Crippen molar-refractivity contribution >= 4 is 75.4 Å². The molecule has 12 rings (SSSR count). The van der Waals surface area contributed by atoms with E-state index in [1.54, 1.807) is 0 Å². The lowest BCUT2D eigenvalue weighted by molar-refractivity contribution is -0.364. The quantitative estimate of drug-likeness (QED) is 0.173. The molecule has 0 spiro atoms. The monoisotopic (exact) mass is 685 g/mol. The second kappa shape index (κ2) is 11.1. The molecule has 8 aromatic carbocycles. The zero-order chi connectivity index (χ0) is 35.3. The zero-order valence-electron chi connectivity index (χ0n) is 29.0. The number of hydrogen-bond acceptors (Lipinski definition) is 3. The van der Waals surface area contributed by atoms with Gasteiger partial charge in [0.25, 0.3) is 0 Å². The Hall–Kier alpha value is -7.30. The van der Waals surface area contributed by atoms with Crippen LogP contribution in [0.25, 0.3) is 120 Å². The zero-order valence-corrected chi connectivity index (χ0v) is 29.0. The average molecular weight is 686 g/mol. The Morgan fingerprint density at radius 3 is 1.37 bits per heavy atom. The van der Waals surface area contributed by atoms with E-state index in [9.17, 15) is 0 Å². The van der Waals surface area contributed by atoms with Crippen molar-refractivity contribution in [3.05, 3.63) is 170 Å². The van der Waals surface area contributed by atoms with E-state index in [4.69, 9.17) is 4.98 Å². The summed E-state index contributed by atoms with van der Waals surface area (Å²) in [5.74, 6) is 0. The highest BCUT2D eigenvalue weighted by molar-refractivity contribution is 6.41. The van der Waals surface area contributed by atoms with Crippen LogP contribution in [0.15, 0.2) is 170 Å². The molecule has 4 aromatic heterocycles. The molecule has 0 fully saturated rings. The Morgan fingerprint density at radius 2 is 0.833 bits per heavy atom. The Labute approximate surface area is 309 Å². The van der Waals surface area contributed by atoms with Gasteiger partial charge in [-0.1, -0.05) is 78.9 Å². The smallest absolute Gasteiger partial charge is 0.229 e. The fraction of sp³-hybridized carbons (Fsp3) is 0. The van der Waals surface area contributed by atoms with Crippen LogP contribution < -0.4 is 4.98 Å². The Balaban J connectivity index is 1.05. The third kappa shape index (κ3) is 4.19. The van der Waals surface area contributed by atoms with Crippen LogP contribution in [0.4, 0.5) is 0 Å². The van der Waals surface area contributed by atoms with E-state index < -0.39 is 0 Å². The van der Waals surface area contributed by atoms with Gasteiger partial charge >= 0.3 is 0 Å². The van der Waals surface area contributed by atoms with Crippen molar-refractivity contribution in [1.82, 2.24) is 15.0 Å². The number of rotatable bonds is 4. The van der Waals surface area contributed by atoms with Crippen LogP contribution in [-0.4, -0.2) is 15.0 Å². The summed E-state index contributed by atoms with van der Waals surface area (Å²) in [6, 6.07) is 52.8. The number of hydrogen-bond donors (Lipinski definition) is 0. The van der Waals surface area contributed by atoms with Gasteiger partial charge in [0.1, 0.15) is 5.69 Å². The highest BCUT2D eigenvalue weighted by Crippen LogP contribution is 2.48. The van der Waals surface area contributed by atoms with Gasteiger partial charge in [-0.25, -0.2) is 9.97 Å². The van der Waals surface area contributed by atoms with Crippen molar-refractivity contribution in [2.24, 2.45) is 0 Å². The Kier molecular flexibility index (Phi) is 6.02. The van der Waals surface area contributed by atoms with E-state index in [1.165, 1.54) is 81.0 Å². The fourth-order valence-electron chi connectivity index (χ4n) is 8.92. The van der Waals surface area contributed by atoms with Crippen LogP contribution in [0.5, 0.6) is 0 Å². The molecule has 0 amide bonds. The van der Waals surface area contributed by atoms with Gasteiger partial charge in [0.15, 0.2) is 6.20 Å². The summed E-state index contributed by atoms with van der Waals surface area (Å²) in [6.07, 6.45) is 7.69. The number of benzene rings is 6. The van der Waals surface area contributed by atoms with E-state index in [0.717, 1.165) is 39.5 Å². The molecule has 0 atom stereocenters. The van der Waals surface area contributed by atoms with Crippen molar-refractivity contribution in [1.29, 1.82) is 0 Å². The lowest BCUT2D eigenvalue weighted by Gasteiger charge is -2.10. The van der Waals surface area contributed by atoms with Crippen LogP contribution >= 0.6 is 0 Å². The number of aromatic nitrogens is 4. The summed E-state index contributed by atoms with van der Waals surface area (Å²) in [7, 11) is 0. The summed E-state index contributed by atoms with van der Waals surface area (Å²) < 4.78 is 0. The van der Waals surface area contributed by atoms with Gasteiger partial charge in [-0.3, -0.25) is 9.97 Å². The predicted molar refractivity (Wildman–Crippen MR) is 223 cm³/mol. The van der Waals surface area contributed by atoms with Crippen molar-refractivity contribution in [3.63, 3.8) is 0 Å². The van der Waals surface area contributed by atoms with Crippen molar-refractivity contribution in [2.75, 3.05) is 0 Å². The topological polar surface area (TPSA) is 52.8 Å². The summed E-state index contributed by atoms with van der Waals surface area (Å²) in [6.45, 7) is 0. The maximum Gasteiger partial charge on any atom is 0.229 e. The second-order valence-electron chi connectivity index (χ2n) is 14.3. The molecule has 4 nitrogen and oxygen atoms in total. The second-order valence-corrected chi connectivity index (χ2v) is 14.3. The largest absolute Gasteiger partial charge is 0.255 e.